The van der Waals surface area contributed by atoms with Gasteiger partial charge in [-0.2, -0.15) is 0 Å². The van der Waals surface area contributed by atoms with E-state index >= 15 is 0 Å². The average Bonchev–Trinajstić information content (AvgIpc) is 2.69. The molecular formula is C23H32ClNO7. The molecule has 0 atom stereocenters. The molecule has 1 aromatic rings. The van der Waals surface area contributed by atoms with E-state index < -0.39 is 29.2 Å². The molecule has 0 aliphatic carbocycles. The van der Waals surface area contributed by atoms with Crippen molar-refractivity contribution in [1.82, 2.24) is 5.32 Å². The van der Waals surface area contributed by atoms with E-state index in [9.17, 15) is 19.8 Å². The molecule has 0 aliphatic heterocycles. The van der Waals surface area contributed by atoms with Gasteiger partial charge >= 0.3 is 12.1 Å². The van der Waals surface area contributed by atoms with Crippen molar-refractivity contribution >= 4 is 23.7 Å². The molecule has 9 heteroatoms. The van der Waals surface area contributed by atoms with E-state index in [1.54, 1.807) is 20.8 Å². The Morgan fingerprint density at radius 1 is 1.03 bits per heavy atom. The number of carbonyl (C=O) groups excluding carboxylic acids is 2. The Hall–Kier alpha value is -2.79. The highest BCUT2D eigenvalue weighted by Gasteiger charge is 2.18. The van der Waals surface area contributed by atoms with Crippen molar-refractivity contribution in [3.8, 4) is 29.1 Å². The van der Waals surface area contributed by atoms with E-state index in [0.29, 0.717) is 18.7 Å². The summed E-state index contributed by atoms with van der Waals surface area (Å²) in [4.78, 5) is 23.7. The summed E-state index contributed by atoms with van der Waals surface area (Å²) < 4.78 is 15.5. The van der Waals surface area contributed by atoms with Gasteiger partial charge in [0, 0.05) is 18.7 Å². The Labute approximate surface area is 194 Å². The number of alkyl carbamates (subject to hydrolysis) is 1. The number of ether oxygens (including phenoxy) is 3. The van der Waals surface area contributed by atoms with Crippen LogP contribution in [0.4, 0.5) is 4.79 Å². The SMILES string of the molecule is CC(C)(C)OC(=O)NCCOc1c(O)cc(C(=O)OCCCC#CCCCCCl)cc1O. The number of esters is 1. The fourth-order valence-electron chi connectivity index (χ4n) is 2.38. The standard InChI is InChI=1S/C23H32ClNO7/c1-23(2,3)32-22(29)25-12-14-30-20-18(26)15-17(16-19(20)27)21(28)31-13-10-8-6-4-5-7-9-11-24/h15-16,26-27H,5,7-14H2,1-3H3,(H,25,29). The average molecular weight is 470 g/mol. The number of rotatable bonds is 11. The number of halogens is 1. The minimum absolute atomic E-state index is 0.00797. The van der Waals surface area contributed by atoms with Crippen LogP contribution in [0.25, 0.3) is 0 Å². The summed E-state index contributed by atoms with van der Waals surface area (Å²) >= 11 is 5.59. The van der Waals surface area contributed by atoms with Crippen molar-refractivity contribution in [3.63, 3.8) is 0 Å². The molecule has 0 saturated carbocycles. The predicted molar refractivity (Wildman–Crippen MR) is 121 cm³/mol. The van der Waals surface area contributed by atoms with Crippen molar-refractivity contribution in [1.29, 1.82) is 0 Å². The van der Waals surface area contributed by atoms with Gasteiger partial charge in [0.05, 0.1) is 18.7 Å². The van der Waals surface area contributed by atoms with Crippen LogP contribution in [-0.2, 0) is 9.47 Å². The summed E-state index contributed by atoms with van der Waals surface area (Å²) in [6.45, 7) is 5.46. The van der Waals surface area contributed by atoms with Crippen LogP contribution in [0, 0.1) is 11.8 Å². The second-order valence-electron chi connectivity index (χ2n) is 7.86. The Balaban J connectivity index is 2.42. The zero-order chi connectivity index (χ0) is 24.0. The number of hydrogen-bond acceptors (Lipinski definition) is 7. The van der Waals surface area contributed by atoms with E-state index in [0.717, 1.165) is 31.4 Å². The summed E-state index contributed by atoms with van der Waals surface area (Å²) in [6.07, 6.45) is 3.30. The number of aromatic hydroxyl groups is 2. The molecule has 0 unspecified atom stereocenters. The predicted octanol–water partition coefficient (Wildman–Crippen LogP) is 4.35. The fourth-order valence-corrected chi connectivity index (χ4v) is 2.57. The highest BCUT2D eigenvalue weighted by atomic mass is 35.5. The third-order valence-corrected chi connectivity index (χ3v) is 4.06. The van der Waals surface area contributed by atoms with Gasteiger partial charge in [-0.25, -0.2) is 9.59 Å². The number of amides is 1. The Kier molecular flexibility index (Phi) is 12.2. The van der Waals surface area contributed by atoms with Crippen molar-refractivity contribution in [2.45, 2.75) is 58.5 Å². The van der Waals surface area contributed by atoms with Gasteiger partial charge in [0.15, 0.2) is 11.5 Å². The third-order valence-electron chi connectivity index (χ3n) is 3.79. The maximum Gasteiger partial charge on any atom is 0.407 e. The van der Waals surface area contributed by atoms with E-state index in [1.165, 1.54) is 0 Å². The summed E-state index contributed by atoms with van der Waals surface area (Å²) in [5.41, 5.74) is -0.629. The maximum atomic E-state index is 12.1. The van der Waals surface area contributed by atoms with Crippen LogP contribution >= 0.6 is 11.6 Å². The van der Waals surface area contributed by atoms with Crippen LogP contribution in [-0.4, -0.2) is 53.5 Å². The summed E-state index contributed by atoms with van der Waals surface area (Å²) in [6, 6.07) is 2.30. The lowest BCUT2D eigenvalue weighted by molar-refractivity contribution is 0.0495. The molecule has 1 amide bonds. The molecule has 1 rings (SSSR count). The summed E-state index contributed by atoms with van der Waals surface area (Å²) in [7, 11) is 0. The quantitative estimate of drug-likeness (QED) is 0.191. The Bertz CT molecular complexity index is 786. The molecule has 1 aromatic carbocycles. The van der Waals surface area contributed by atoms with E-state index in [2.05, 4.69) is 17.2 Å². The molecule has 0 aliphatic rings. The molecule has 0 bridgehead atoms. The minimum Gasteiger partial charge on any atom is -0.504 e. The number of benzene rings is 1. The monoisotopic (exact) mass is 469 g/mol. The first-order valence-corrected chi connectivity index (χ1v) is 11.0. The zero-order valence-electron chi connectivity index (χ0n) is 18.8. The number of carbonyl (C=O) groups is 2. The van der Waals surface area contributed by atoms with Gasteiger partial charge in [-0.1, -0.05) is 0 Å². The van der Waals surface area contributed by atoms with Gasteiger partial charge < -0.3 is 29.7 Å². The minimum atomic E-state index is -0.677. The Morgan fingerprint density at radius 2 is 1.66 bits per heavy atom. The molecule has 178 valence electrons. The van der Waals surface area contributed by atoms with Gasteiger partial charge in [0.1, 0.15) is 12.2 Å². The molecule has 32 heavy (non-hydrogen) atoms. The third kappa shape index (κ3) is 11.6. The first-order chi connectivity index (χ1) is 15.1. The van der Waals surface area contributed by atoms with Crippen LogP contribution in [0.15, 0.2) is 12.1 Å². The number of phenols is 2. The number of phenolic OH excluding ortho intramolecular Hbond substituents is 2. The molecule has 0 radical (unpaired) electrons. The molecule has 3 N–H and O–H groups in total. The topological polar surface area (TPSA) is 114 Å². The molecule has 0 heterocycles. The van der Waals surface area contributed by atoms with Gasteiger partial charge in [0.2, 0.25) is 5.75 Å². The van der Waals surface area contributed by atoms with Crippen LogP contribution < -0.4 is 10.1 Å². The van der Waals surface area contributed by atoms with Gasteiger partial charge in [-0.05, 0) is 52.2 Å². The molecule has 0 fully saturated rings. The summed E-state index contributed by atoms with van der Waals surface area (Å²) in [5.74, 6) is 4.98. The maximum absolute atomic E-state index is 12.1. The second kappa shape index (κ2) is 14.3. The van der Waals surface area contributed by atoms with Crippen molar-refractivity contribution < 1.29 is 34.0 Å². The highest BCUT2D eigenvalue weighted by molar-refractivity contribution is 6.17. The highest BCUT2D eigenvalue weighted by Crippen LogP contribution is 2.37. The van der Waals surface area contributed by atoms with Crippen LogP contribution in [0.2, 0.25) is 0 Å². The number of nitrogens with one attached hydrogen (secondary N) is 1. The molecule has 8 nitrogen and oxygen atoms in total. The van der Waals surface area contributed by atoms with Crippen LogP contribution in [0.1, 0.15) is 63.2 Å². The van der Waals surface area contributed by atoms with Crippen molar-refractivity contribution in [2.24, 2.45) is 0 Å². The lowest BCUT2D eigenvalue weighted by Gasteiger charge is -2.19. The fraction of sp³-hybridized carbons (Fsp3) is 0.565. The lowest BCUT2D eigenvalue weighted by atomic mass is 10.2. The summed E-state index contributed by atoms with van der Waals surface area (Å²) in [5, 5.41) is 22.7. The van der Waals surface area contributed by atoms with E-state index in [1.807, 2.05) is 0 Å². The van der Waals surface area contributed by atoms with E-state index in [4.69, 9.17) is 25.8 Å². The van der Waals surface area contributed by atoms with Gasteiger partial charge in [-0.15, -0.1) is 23.4 Å². The smallest absolute Gasteiger partial charge is 0.407 e. The van der Waals surface area contributed by atoms with Gasteiger partial charge in [-0.3, -0.25) is 0 Å². The number of hydrogen-bond donors (Lipinski definition) is 3. The van der Waals surface area contributed by atoms with Gasteiger partial charge in [0.25, 0.3) is 0 Å². The second-order valence-corrected chi connectivity index (χ2v) is 8.24. The lowest BCUT2D eigenvalue weighted by Crippen LogP contribution is -2.34. The zero-order valence-corrected chi connectivity index (χ0v) is 19.6. The Morgan fingerprint density at radius 3 is 2.25 bits per heavy atom. The largest absolute Gasteiger partial charge is 0.504 e. The van der Waals surface area contributed by atoms with Crippen LogP contribution in [0.3, 0.4) is 0 Å². The molecule has 0 spiro atoms. The molecule has 0 aromatic heterocycles. The first-order valence-electron chi connectivity index (χ1n) is 10.5. The number of unbranched alkanes of at least 4 members (excludes halogenated alkanes) is 3. The van der Waals surface area contributed by atoms with Crippen LogP contribution in [0.5, 0.6) is 17.2 Å². The van der Waals surface area contributed by atoms with E-state index in [-0.39, 0.29) is 31.1 Å². The molecule has 0 saturated heterocycles. The van der Waals surface area contributed by atoms with Crippen molar-refractivity contribution in [2.75, 3.05) is 25.6 Å². The molecular weight excluding hydrogens is 438 g/mol. The first kappa shape index (κ1) is 27.2. The normalized spacial score (nSPS) is 10.6. The van der Waals surface area contributed by atoms with Crippen molar-refractivity contribution in [3.05, 3.63) is 17.7 Å². The number of alkyl halides is 1.